The Balaban J connectivity index is 2.69. The van der Waals surface area contributed by atoms with E-state index in [0.29, 0.717) is 0 Å². The Hall–Kier alpha value is -2.10. The smallest absolute Gasteiger partial charge is 0.341 e. The van der Waals surface area contributed by atoms with Crippen molar-refractivity contribution in [1.29, 1.82) is 0 Å². The number of rotatable bonds is 2. The lowest BCUT2D eigenvalue weighted by Gasteiger charge is -2.19. The number of carbonyl (C=O) groups is 1. The van der Waals surface area contributed by atoms with E-state index in [9.17, 15) is 4.79 Å². The van der Waals surface area contributed by atoms with E-state index in [1.165, 1.54) is 7.11 Å². The molecule has 0 spiro atoms. The van der Waals surface area contributed by atoms with Crippen molar-refractivity contribution >= 4 is 16.9 Å². The van der Waals surface area contributed by atoms with Crippen LogP contribution < -0.4 is 4.74 Å². The molecule has 100 valence electrons. The number of aromatic nitrogens is 1. The van der Waals surface area contributed by atoms with Gasteiger partial charge in [-0.2, -0.15) is 0 Å². The number of hydrogen-bond acceptors (Lipinski definition) is 3. The fourth-order valence-electron chi connectivity index (χ4n) is 1.93. The molecule has 4 nitrogen and oxygen atoms in total. The molecule has 0 radical (unpaired) electrons. The van der Waals surface area contributed by atoms with Gasteiger partial charge in [-0.05, 0) is 29.2 Å². The van der Waals surface area contributed by atoms with E-state index in [1.54, 1.807) is 6.07 Å². The van der Waals surface area contributed by atoms with Crippen LogP contribution in [0.15, 0.2) is 24.3 Å². The number of pyridine rings is 1. The highest BCUT2D eigenvalue weighted by Gasteiger charge is 2.17. The van der Waals surface area contributed by atoms with E-state index in [2.05, 4.69) is 25.8 Å². The lowest BCUT2D eigenvalue weighted by Crippen LogP contribution is -2.11. The Kier molecular flexibility index (Phi) is 3.18. The molecule has 2 rings (SSSR count). The van der Waals surface area contributed by atoms with E-state index in [1.807, 2.05) is 18.2 Å². The van der Waals surface area contributed by atoms with Crippen LogP contribution in [0, 0.1) is 0 Å². The van der Waals surface area contributed by atoms with Crippen LogP contribution in [0.3, 0.4) is 0 Å². The highest BCUT2D eigenvalue weighted by atomic mass is 16.5. The van der Waals surface area contributed by atoms with Gasteiger partial charge in [0.15, 0.2) is 0 Å². The molecule has 0 aliphatic heterocycles. The maximum absolute atomic E-state index is 11.2. The van der Waals surface area contributed by atoms with Gasteiger partial charge >= 0.3 is 5.97 Å². The average Bonchev–Trinajstić information content (AvgIpc) is 2.35. The molecule has 0 unspecified atom stereocenters. The van der Waals surface area contributed by atoms with Crippen LogP contribution in [-0.2, 0) is 5.41 Å². The van der Waals surface area contributed by atoms with Crippen molar-refractivity contribution in [2.24, 2.45) is 0 Å². The average molecular weight is 259 g/mol. The van der Waals surface area contributed by atoms with Crippen LogP contribution in [0.5, 0.6) is 5.88 Å². The van der Waals surface area contributed by atoms with Gasteiger partial charge in [-0.1, -0.05) is 26.8 Å². The highest BCUT2D eigenvalue weighted by Crippen LogP contribution is 2.28. The van der Waals surface area contributed by atoms with E-state index in [4.69, 9.17) is 9.84 Å². The van der Waals surface area contributed by atoms with Crippen LogP contribution >= 0.6 is 0 Å². The molecule has 1 aromatic carbocycles. The maximum atomic E-state index is 11.2. The topological polar surface area (TPSA) is 59.4 Å². The first-order chi connectivity index (χ1) is 8.82. The fourth-order valence-corrected chi connectivity index (χ4v) is 1.93. The van der Waals surface area contributed by atoms with Gasteiger partial charge < -0.3 is 9.84 Å². The third kappa shape index (κ3) is 2.52. The molecule has 0 bridgehead atoms. The van der Waals surface area contributed by atoms with Gasteiger partial charge in [0.2, 0.25) is 5.88 Å². The van der Waals surface area contributed by atoms with Gasteiger partial charge in [-0.3, -0.25) is 0 Å². The molecule has 0 amide bonds. The molecule has 19 heavy (non-hydrogen) atoms. The Bertz CT molecular complexity index is 642. The summed E-state index contributed by atoms with van der Waals surface area (Å²) in [5, 5.41) is 9.98. The summed E-state index contributed by atoms with van der Waals surface area (Å²) >= 11 is 0. The first-order valence-corrected chi connectivity index (χ1v) is 6.05. The van der Waals surface area contributed by atoms with E-state index >= 15 is 0 Å². The minimum Gasteiger partial charge on any atom is -0.480 e. The molecule has 0 saturated heterocycles. The number of benzene rings is 1. The quantitative estimate of drug-likeness (QED) is 0.899. The largest absolute Gasteiger partial charge is 0.480 e. The summed E-state index contributed by atoms with van der Waals surface area (Å²) < 4.78 is 5.02. The standard InChI is InChI=1S/C15H17NO3/c1-15(2,3)10-5-6-12-9(7-10)8-11(14(17)18)13(16-12)19-4/h5-8H,1-4H3,(H,17,18). The van der Waals surface area contributed by atoms with Crippen molar-refractivity contribution in [3.8, 4) is 5.88 Å². The Morgan fingerprint density at radius 3 is 2.47 bits per heavy atom. The van der Waals surface area contributed by atoms with Crippen molar-refractivity contribution in [2.75, 3.05) is 7.11 Å². The van der Waals surface area contributed by atoms with Crippen LogP contribution in [0.25, 0.3) is 10.9 Å². The third-order valence-corrected chi connectivity index (χ3v) is 3.07. The van der Waals surface area contributed by atoms with Crippen LogP contribution in [0.2, 0.25) is 0 Å². The molecular formula is C15H17NO3. The number of methoxy groups -OCH3 is 1. The SMILES string of the molecule is COc1nc2ccc(C(C)(C)C)cc2cc1C(=O)O. The van der Waals surface area contributed by atoms with Crippen molar-refractivity contribution in [3.05, 3.63) is 35.4 Å². The minimum atomic E-state index is -1.03. The maximum Gasteiger partial charge on any atom is 0.341 e. The number of carboxylic acid groups (broad SMARTS) is 1. The van der Waals surface area contributed by atoms with Crippen molar-refractivity contribution in [3.63, 3.8) is 0 Å². The molecule has 0 saturated carbocycles. The van der Waals surface area contributed by atoms with E-state index < -0.39 is 5.97 Å². The van der Waals surface area contributed by atoms with Crippen molar-refractivity contribution < 1.29 is 14.6 Å². The monoisotopic (exact) mass is 259 g/mol. The number of aromatic carboxylic acids is 1. The van der Waals surface area contributed by atoms with Gasteiger partial charge in [-0.25, -0.2) is 9.78 Å². The molecule has 0 fully saturated rings. The Morgan fingerprint density at radius 1 is 1.26 bits per heavy atom. The zero-order valence-corrected chi connectivity index (χ0v) is 11.5. The molecule has 1 N–H and O–H groups in total. The van der Waals surface area contributed by atoms with Gasteiger partial charge in [0.25, 0.3) is 0 Å². The number of nitrogens with zero attached hydrogens (tertiary/aromatic N) is 1. The minimum absolute atomic E-state index is 0.0114. The molecule has 4 heteroatoms. The van der Waals surface area contributed by atoms with E-state index in [0.717, 1.165) is 16.5 Å². The van der Waals surface area contributed by atoms with Gasteiger partial charge in [0, 0.05) is 5.39 Å². The summed E-state index contributed by atoms with van der Waals surface area (Å²) in [6.07, 6.45) is 0. The van der Waals surface area contributed by atoms with E-state index in [-0.39, 0.29) is 16.9 Å². The second-order valence-corrected chi connectivity index (χ2v) is 5.51. The third-order valence-electron chi connectivity index (χ3n) is 3.07. The number of ether oxygens (including phenoxy) is 1. The normalized spacial score (nSPS) is 11.6. The second kappa shape index (κ2) is 4.53. The predicted octanol–water partition coefficient (Wildman–Crippen LogP) is 3.24. The summed E-state index contributed by atoms with van der Waals surface area (Å²) in [7, 11) is 1.42. The number of carboxylic acids is 1. The van der Waals surface area contributed by atoms with Crippen molar-refractivity contribution in [2.45, 2.75) is 26.2 Å². The van der Waals surface area contributed by atoms with Crippen LogP contribution in [-0.4, -0.2) is 23.2 Å². The van der Waals surface area contributed by atoms with Crippen LogP contribution in [0.4, 0.5) is 0 Å². The van der Waals surface area contributed by atoms with Gasteiger partial charge in [0.1, 0.15) is 5.56 Å². The number of fused-ring (bicyclic) bond motifs is 1. The Labute approximate surface area is 112 Å². The Morgan fingerprint density at radius 2 is 1.95 bits per heavy atom. The lowest BCUT2D eigenvalue weighted by atomic mass is 9.86. The fraction of sp³-hybridized carbons (Fsp3) is 0.333. The van der Waals surface area contributed by atoms with Gasteiger partial charge in [0.05, 0.1) is 12.6 Å². The molecule has 1 aromatic heterocycles. The molecule has 0 atom stereocenters. The first-order valence-electron chi connectivity index (χ1n) is 6.05. The molecule has 1 heterocycles. The molecule has 2 aromatic rings. The van der Waals surface area contributed by atoms with Crippen molar-refractivity contribution in [1.82, 2.24) is 4.98 Å². The second-order valence-electron chi connectivity index (χ2n) is 5.51. The van der Waals surface area contributed by atoms with Crippen LogP contribution in [0.1, 0.15) is 36.7 Å². The zero-order chi connectivity index (χ0) is 14.2. The molecule has 0 aliphatic rings. The summed E-state index contributed by atoms with van der Waals surface area (Å²) in [6, 6.07) is 7.49. The molecule has 0 aliphatic carbocycles. The summed E-state index contributed by atoms with van der Waals surface area (Å²) in [5.74, 6) is -0.893. The molecular weight excluding hydrogens is 242 g/mol. The first kappa shape index (κ1) is 13.3. The highest BCUT2D eigenvalue weighted by molar-refractivity contribution is 5.95. The number of hydrogen-bond donors (Lipinski definition) is 1. The van der Waals surface area contributed by atoms with Gasteiger partial charge in [-0.15, -0.1) is 0 Å². The predicted molar refractivity (Wildman–Crippen MR) is 74.0 cm³/mol. The summed E-state index contributed by atoms with van der Waals surface area (Å²) in [6.45, 7) is 6.34. The summed E-state index contributed by atoms with van der Waals surface area (Å²) in [5.41, 5.74) is 1.97. The summed E-state index contributed by atoms with van der Waals surface area (Å²) in [4.78, 5) is 15.4. The zero-order valence-electron chi connectivity index (χ0n) is 11.5. The lowest BCUT2D eigenvalue weighted by molar-refractivity contribution is 0.0692.